The smallest absolute Gasteiger partial charge is 0.306 e. The minimum atomic E-state index is -0.150. The number of aromatic nitrogens is 1. The summed E-state index contributed by atoms with van der Waals surface area (Å²) in [4.78, 5) is 16.0. The Morgan fingerprint density at radius 3 is 2.83 bits per heavy atom. The molecule has 2 aromatic carbocycles. The number of nitrogens with zero attached hydrogens (tertiary/aromatic N) is 1. The lowest BCUT2D eigenvalue weighted by Crippen LogP contribution is -2.04. The van der Waals surface area contributed by atoms with Crippen LogP contribution >= 0.6 is 11.3 Å². The maximum atomic E-state index is 11.4. The molecule has 0 aliphatic rings. The van der Waals surface area contributed by atoms with Crippen LogP contribution in [0.1, 0.15) is 18.9 Å². The number of thiazole rings is 1. The summed E-state index contributed by atoms with van der Waals surface area (Å²) in [7, 11) is 0. The van der Waals surface area contributed by atoms with Crippen molar-refractivity contribution in [2.45, 2.75) is 19.8 Å². The van der Waals surface area contributed by atoms with Gasteiger partial charge in [0.2, 0.25) is 0 Å². The van der Waals surface area contributed by atoms with Crippen molar-refractivity contribution in [3.63, 3.8) is 0 Å². The topological polar surface area (TPSA) is 51.2 Å². The maximum Gasteiger partial charge on any atom is 0.306 e. The first-order chi connectivity index (χ1) is 11.2. The van der Waals surface area contributed by atoms with Crippen LogP contribution in [0.15, 0.2) is 48.5 Å². The number of carbonyl (C=O) groups excluding carboxylic acids is 1. The fraction of sp³-hybridized carbons (Fsp3) is 0.222. The fourth-order valence-corrected chi connectivity index (χ4v) is 3.25. The third kappa shape index (κ3) is 4.07. The number of nitrogens with one attached hydrogen (secondary N) is 1. The van der Waals surface area contributed by atoms with Crippen molar-refractivity contribution >= 4 is 38.3 Å². The van der Waals surface area contributed by atoms with Gasteiger partial charge in [-0.25, -0.2) is 4.98 Å². The van der Waals surface area contributed by atoms with Gasteiger partial charge in [-0.15, -0.1) is 0 Å². The Kier molecular flexibility index (Phi) is 4.88. The molecule has 0 bridgehead atoms. The predicted octanol–water partition coefficient (Wildman–Crippen LogP) is 4.54. The number of aryl methyl sites for hydroxylation is 1. The maximum absolute atomic E-state index is 11.4. The van der Waals surface area contributed by atoms with Crippen LogP contribution in [-0.4, -0.2) is 17.6 Å². The highest BCUT2D eigenvalue weighted by molar-refractivity contribution is 7.22. The summed E-state index contributed by atoms with van der Waals surface area (Å²) in [5.41, 5.74) is 3.11. The highest BCUT2D eigenvalue weighted by Gasteiger charge is 2.07. The highest BCUT2D eigenvalue weighted by Crippen LogP contribution is 2.29. The zero-order valence-corrected chi connectivity index (χ0v) is 13.7. The van der Waals surface area contributed by atoms with Gasteiger partial charge in [0, 0.05) is 12.1 Å². The minimum absolute atomic E-state index is 0.150. The Balaban J connectivity index is 1.71. The normalized spacial score (nSPS) is 10.7. The lowest BCUT2D eigenvalue weighted by molar-refractivity contribution is -0.143. The third-order valence-electron chi connectivity index (χ3n) is 3.40. The number of hydrogen-bond acceptors (Lipinski definition) is 5. The van der Waals surface area contributed by atoms with Gasteiger partial charge in [-0.3, -0.25) is 4.79 Å². The van der Waals surface area contributed by atoms with E-state index in [1.54, 1.807) is 11.3 Å². The molecule has 1 aromatic heterocycles. The lowest BCUT2D eigenvalue weighted by Gasteiger charge is -2.02. The summed E-state index contributed by atoms with van der Waals surface area (Å²) in [6.07, 6.45) is 1.10. The Labute approximate surface area is 139 Å². The molecule has 0 amide bonds. The minimum Gasteiger partial charge on any atom is -0.466 e. The molecule has 4 nitrogen and oxygen atoms in total. The number of fused-ring (bicyclic) bond motifs is 1. The zero-order chi connectivity index (χ0) is 16.1. The molecule has 3 rings (SSSR count). The first-order valence-corrected chi connectivity index (χ1v) is 8.43. The largest absolute Gasteiger partial charge is 0.466 e. The number of rotatable bonds is 6. The molecule has 0 saturated heterocycles. The number of benzene rings is 2. The van der Waals surface area contributed by atoms with Crippen molar-refractivity contribution in [2.24, 2.45) is 0 Å². The quantitative estimate of drug-likeness (QED) is 0.676. The molecule has 0 aliphatic heterocycles. The molecule has 118 valence electrons. The third-order valence-corrected chi connectivity index (χ3v) is 4.33. The number of para-hydroxylation sites is 1. The first-order valence-electron chi connectivity index (χ1n) is 7.62. The number of hydrogen-bond donors (Lipinski definition) is 1. The van der Waals surface area contributed by atoms with Gasteiger partial charge in [0.25, 0.3) is 0 Å². The van der Waals surface area contributed by atoms with Gasteiger partial charge in [-0.05, 0) is 43.2 Å². The number of esters is 1. The molecule has 0 unspecified atom stereocenters. The molecular formula is C18H18N2O2S. The van der Waals surface area contributed by atoms with E-state index in [1.807, 2.05) is 49.4 Å². The van der Waals surface area contributed by atoms with E-state index in [2.05, 4.69) is 16.4 Å². The summed E-state index contributed by atoms with van der Waals surface area (Å²) < 4.78 is 6.08. The average molecular weight is 326 g/mol. The molecule has 0 atom stereocenters. The van der Waals surface area contributed by atoms with E-state index < -0.39 is 0 Å². The molecule has 5 heteroatoms. The fourth-order valence-electron chi connectivity index (χ4n) is 2.30. The summed E-state index contributed by atoms with van der Waals surface area (Å²) in [5.74, 6) is -0.150. The van der Waals surface area contributed by atoms with Crippen LogP contribution in [0.3, 0.4) is 0 Å². The van der Waals surface area contributed by atoms with Gasteiger partial charge in [0.05, 0.1) is 16.8 Å². The second-order valence-corrected chi connectivity index (χ2v) is 6.15. The van der Waals surface area contributed by atoms with Crippen LogP contribution in [0.25, 0.3) is 10.2 Å². The molecule has 0 spiro atoms. The number of ether oxygens (including phenoxy) is 1. The van der Waals surface area contributed by atoms with Crippen LogP contribution in [0, 0.1) is 0 Å². The first kappa shape index (κ1) is 15.5. The second kappa shape index (κ2) is 7.24. The van der Waals surface area contributed by atoms with Gasteiger partial charge >= 0.3 is 5.97 Å². The Hall–Kier alpha value is -2.40. The molecule has 0 aliphatic carbocycles. The zero-order valence-electron chi connectivity index (χ0n) is 12.9. The summed E-state index contributed by atoms with van der Waals surface area (Å²) in [6, 6.07) is 16.1. The van der Waals surface area contributed by atoms with Crippen molar-refractivity contribution < 1.29 is 9.53 Å². The molecular weight excluding hydrogens is 308 g/mol. The van der Waals surface area contributed by atoms with Crippen LogP contribution in [0.5, 0.6) is 0 Å². The van der Waals surface area contributed by atoms with Crippen LogP contribution < -0.4 is 5.32 Å². The molecule has 3 aromatic rings. The molecule has 23 heavy (non-hydrogen) atoms. The van der Waals surface area contributed by atoms with E-state index in [1.165, 1.54) is 0 Å². The standard InChI is InChI=1S/C18H18N2O2S/c1-2-22-17(21)11-9-13-8-10-15-16(12-13)23-18(20-15)19-14-6-4-3-5-7-14/h3-8,10,12H,2,9,11H2,1H3,(H,19,20). The van der Waals surface area contributed by atoms with Gasteiger partial charge in [-0.1, -0.05) is 35.6 Å². The SMILES string of the molecule is CCOC(=O)CCc1ccc2nc(Nc3ccccc3)sc2c1. The highest BCUT2D eigenvalue weighted by atomic mass is 32.1. The summed E-state index contributed by atoms with van der Waals surface area (Å²) in [6.45, 7) is 2.25. The Bertz CT molecular complexity index is 799. The lowest BCUT2D eigenvalue weighted by atomic mass is 10.1. The van der Waals surface area contributed by atoms with Crippen LogP contribution in [0.2, 0.25) is 0 Å². The predicted molar refractivity (Wildman–Crippen MR) is 94.3 cm³/mol. The summed E-state index contributed by atoms with van der Waals surface area (Å²) in [5, 5.41) is 4.18. The van der Waals surface area contributed by atoms with E-state index in [0.717, 1.165) is 26.6 Å². The number of anilines is 2. The number of carbonyl (C=O) groups is 1. The second-order valence-electron chi connectivity index (χ2n) is 5.12. The van der Waals surface area contributed by atoms with Gasteiger partial charge in [0.1, 0.15) is 0 Å². The van der Waals surface area contributed by atoms with Gasteiger partial charge in [-0.2, -0.15) is 0 Å². The Morgan fingerprint density at radius 2 is 2.04 bits per heavy atom. The van der Waals surface area contributed by atoms with E-state index in [9.17, 15) is 4.79 Å². The van der Waals surface area contributed by atoms with Crippen LogP contribution in [0.4, 0.5) is 10.8 Å². The monoisotopic (exact) mass is 326 g/mol. The van der Waals surface area contributed by atoms with Crippen molar-refractivity contribution in [1.82, 2.24) is 4.98 Å². The van der Waals surface area contributed by atoms with E-state index >= 15 is 0 Å². The molecule has 1 heterocycles. The van der Waals surface area contributed by atoms with Crippen molar-refractivity contribution in [2.75, 3.05) is 11.9 Å². The van der Waals surface area contributed by atoms with E-state index in [-0.39, 0.29) is 5.97 Å². The average Bonchev–Trinajstić information content (AvgIpc) is 2.95. The van der Waals surface area contributed by atoms with Gasteiger partial charge < -0.3 is 10.1 Å². The molecule has 0 saturated carbocycles. The van der Waals surface area contributed by atoms with E-state index in [4.69, 9.17) is 4.74 Å². The van der Waals surface area contributed by atoms with Crippen molar-refractivity contribution in [3.8, 4) is 0 Å². The van der Waals surface area contributed by atoms with Crippen molar-refractivity contribution in [3.05, 3.63) is 54.1 Å². The van der Waals surface area contributed by atoms with E-state index in [0.29, 0.717) is 19.4 Å². The summed E-state index contributed by atoms with van der Waals surface area (Å²) >= 11 is 1.61. The Morgan fingerprint density at radius 1 is 1.22 bits per heavy atom. The molecule has 0 fully saturated rings. The van der Waals surface area contributed by atoms with Crippen molar-refractivity contribution in [1.29, 1.82) is 0 Å². The van der Waals surface area contributed by atoms with Crippen LogP contribution in [-0.2, 0) is 16.0 Å². The van der Waals surface area contributed by atoms with Gasteiger partial charge in [0.15, 0.2) is 5.13 Å². The molecule has 1 N–H and O–H groups in total. The molecule has 0 radical (unpaired) electrons.